The molecule has 2 heterocycles. The molecule has 3 amide bonds. The van der Waals surface area contributed by atoms with Gasteiger partial charge in [0, 0.05) is 37.2 Å². The zero-order chi connectivity index (χ0) is 26.7. The van der Waals surface area contributed by atoms with Crippen LogP contribution in [0.25, 0.3) is 0 Å². The summed E-state index contributed by atoms with van der Waals surface area (Å²) in [5.41, 5.74) is 3.09. The van der Waals surface area contributed by atoms with Crippen LogP contribution in [0.5, 0.6) is 0 Å². The monoisotopic (exact) mass is 504 g/mol. The lowest BCUT2D eigenvalue weighted by Crippen LogP contribution is -2.55. The molecule has 37 heavy (non-hydrogen) atoms. The van der Waals surface area contributed by atoms with Crippen LogP contribution in [-0.2, 0) is 22.7 Å². The van der Waals surface area contributed by atoms with E-state index in [1.54, 1.807) is 41.3 Å². The zero-order valence-corrected chi connectivity index (χ0v) is 20.9. The van der Waals surface area contributed by atoms with Crippen molar-refractivity contribution in [2.24, 2.45) is 16.9 Å². The number of aliphatic hydroxyl groups excluding tert-OH is 1. The Labute approximate surface area is 215 Å². The molecule has 0 unspecified atom stereocenters. The summed E-state index contributed by atoms with van der Waals surface area (Å²) in [6, 6.07) is 12.8. The Kier molecular flexibility index (Phi) is 7.68. The number of amides is 3. The number of hydrogen-bond donors (Lipinski definition) is 4. The second kappa shape index (κ2) is 10.9. The number of β-amino-alcohol motifs (C(OH)–C–C–N with tert-alkyl or cyclic N) is 1. The highest BCUT2D eigenvalue weighted by molar-refractivity contribution is 6.36. The van der Waals surface area contributed by atoms with E-state index < -0.39 is 18.2 Å². The van der Waals surface area contributed by atoms with Gasteiger partial charge in [-0.05, 0) is 23.1 Å². The van der Waals surface area contributed by atoms with Crippen LogP contribution in [0.3, 0.4) is 0 Å². The highest BCUT2D eigenvalue weighted by Crippen LogP contribution is 2.30. The molecule has 0 aliphatic carbocycles. The molecule has 194 valence electrons. The predicted octanol–water partition coefficient (Wildman–Crippen LogP) is 1.26. The minimum Gasteiger partial charge on any atom is -0.391 e. The van der Waals surface area contributed by atoms with E-state index in [1.807, 2.05) is 26.0 Å². The summed E-state index contributed by atoms with van der Waals surface area (Å²) >= 11 is 0. The first-order valence-electron chi connectivity index (χ1n) is 12.3. The van der Waals surface area contributed by atoms with Crippen molar-refractivity contribution in [3.8, 4) is 0 Å². The maximum absolute atomic E-state index is 13.8. The van der Waals surface area contributed by atoms with Crippen LogP contribution >= 0.6 is 0 Å². The van der Waals surface area contributed by atoms with Crippen molar-refractivity contribution in [3.05, 3.63) is 70.8 Å². The van der Waals surface area contributed by atoms with E-state index >= 15 is 0 Å². The molecule has 2 aromatic rings. The Morgan fingerprint density at radius 3 is 2.57 bits per heavy atom. The molecule has 1 saturated heterocycles. The molecular weight excluding hydrogens is 472 g/mol. The number of nitrogens with one attached hydrogen (secondary N) is 2. The van der Waals surface area contributed by atoms with Crippen LogP contribution in [0.15, 0.2) is 53.6 Å². The van der Waals surface area contributed by atoms with Gasteiger partial charge in [-0.25, -0.2) is 0 Å². The van der Waals surface area contributed by atoms with Gasteiger partial charge >= 0.3 is 0 Å². The third-order valence-corrected chi connectivity index (χ3v) is 6.87. The number of rotatable bonds is 8. The molecule has 4 rings (SSSR count). The summed E-state index contributed by atoms with van der Waals surface area (Å²) in [7, 11) is 0. The van der Waals surface area contributed by atoms with Gasteiger partial charge in [0.05, 0.1) is 18.0 Å². The van der Waals surface area contributed by atoms with Gasteiger partial charge in [0.2, 0.25) is 11.8 Å². The molecule has 1 fully saturated rings. The summed E-state index contributed by atoms with van der Waals surface area (Å²) in [5.74, 6) is 4.01. The van der Waals surface area contributed by atoms with Crippen LogP contribution in [0.1, 0.15) is 47.3 Å². The van der Waals surface area contributed by atoms with Crippen LogP contribution < -0.4 is 11.2 Å². The fourth-order valence-corrected chi connectivity index (χ4v) is 5.01. The van der Waals surface area contributed by atoms with Gasteiger partial charge in [-0.1, -0.05) is 56.3 Å². The predicted molar refractivity (Wildman–Crippen MR) is 139 cm³/mol. The molecule has 5 N–H and O–H groups in total. The van der Waals surface area contributed by atoms with E-state index in [9.17, 15) is 19.5 Å². The van der Waals surface area contributed by atoms with Crippen molar-refractivity contribution < 1.29 is 19.5 Å². The molecule has 2 aliphatic rings. The Morgan fingerprint density at radius 1 is 1.22 bits per heavy atom. The highest BCUT2D eigenvalue weighted by atomic mass is 16.3. The topological polar surface area (TPSA) is 152 Å². The SMILES string of the molecule is CC(C)[C@@H](C(=O)N1C[C@H](O)C[C@H]1C(=O)NCc1ccc(C(=N)/C=N\N)cc1)N1Cc2ccccc2C1=O. The van der Waals surface area contributed by atoms with Gasteiger partial charge in [0.1, 0.15) is 12.1 Å². The fourth-order valence-electron chi connectivity index (χ4n) is 5.01. The molecule has 0 radical (unpaired) electrons. The van der Waals surface area contributed by atoms with E-state index in [0.717, 1.165) is 11.1 Å². The molecular formula is C27H32N6O4. The number of hydrogen-bond acceptors (Lipinski definition) is 7. The molecule has 0 saturated carbocycles. The van der Waals surface area contributed by atoms with Crippen molar-refractivity contribution in [1.82, 2.24) is 15.1 Å². The fraction of sp³-hybridized carbons (Fsp3) is 0.370. The Balaban J connectivity index is 1.45. The van der Waals surface area contributed by atoms with E-state index in [2.05, 4.69) is 10.4 Å². The first kappa shape index (κ1) is 26.0. The van der Waals surface area contributed by atoms with Crippen molar-refractivity contribution in [2.45, 2.75) is 51.5 Å². The van der Waals surface area contributed by atoms with Gasteiger partial charge < -0.3 is 26.1 Å². The lowest BCUT2D eigenvalue weighted by atomic mass is 10.0. The van der Waals surface area contributed by atoms with Gasteiger partial charge in [0.25, 0.3) is 5.91 Å². The summed E-state index contributed by atoms with van der Waals surface area (Å²) in [5, 5.41) is 24.4. The number of fused-ring (bicyclic) bond motifs is 1. The van der Waals surface area contributed by atoms with E-state index in [-0.39, 0.29) is 48.9 Å². The molecule has 0 bridgehead atoms. The number of nitrogens with zero attached hydrogens (tertiary/aromatic N) is 3. The Hall–Kier alpha value is -4.05. The van der Waals surface area contributed by atoms with Gasteiger partial charge in [-0.3, -0.25) is 19.8 Å². The second-order valence-corrected chi connectivity index (χ2v) is 9.78. The number of nitrogens with two attached hydrogens (primary N) is 1. The average Bonchev–Trinajstić information content (AvgIpc) is 3.43. The summed E-state index contributed by atoms with van der Waals surface area (Å²) in [6.07, 6.45) is 0.547. The third kappa shape index (κ3) is 5.39. The largest absolute Gasteiger partial charge is 0.391 e. The number of carbonyl (C=O) groups is 3. The van der Waals surface area contributed by atoms with Crippen LogP contribution in [0.4, 0.5) is 0 Å². The van der Waals surface area contributed by atoms with Crippen molar-refractivity contribution >= 4 is 29.6 Å². The normalized spacial score (nSPS) is 19.9. The maximum atomic E-state index is 13.8. The molecule has 10 heteroatoms. The number of carbonyl (C=O) groups excluding carboxylic acids is 3. The van der Waals surface area contributed by atoms with Crippen LogP contribution in [-0.4, -0.2) is 69.3 Å². The molecule has 3 atom stereocenters. The smallest absolute Gasteiger partial charge is 0.255 e. The standard InChI is InChI=1S/C27H32N6O4/c1-16(2)24(33-14-19-5-3-4-6-21(19)26(33)36)27(37)32-15-20(34)11-23(32)25(35)30-12-17-7-9-18(10-8-17)22(28)13-31-29/h3-10,13,16,20,23-24,28,34H,11-12,14-15,29H2,1-2H3,(H,30,35)/b28-22?,31-13-/t20-,23+,24+/m1/s1. The highest BCUT2D eigenvalue weighted by Gasteiger charge is 2.45. The van der Waals surface area contributed by atoms with Gasteiger partial charge in [-0.15, -0.1) is 0 Å². The minimum absolute atomic E-state index is 0.0363. The molecule has 0 spiro atoms. The van der Waals surface area contributed by atoms with E-state index in [0.29, 0.717) is 17.7 Å². The molecule has 10 nitrogen and oxygen atoms in total. The average molecular weight is 505 g/mol. The van der Waals surface area contributed by atoms with Crippen molar-refractivity contribution in [1.29, 1.82) is 5.41 Å². The molecule has 0 aromatic heterocycles. The lowest BCUT2D eigenvalue weighted by molar-refractivity contribution is -0.143. The summed E-state index contributed by atoms with van der Waals surface area (Å²) < 4.78 is 0. The summed E-state index contributed by atoms with van der Waals surface area (Å²) in [4.78, 5) is 43.0. The van der Waals surface area contributed by atoms with Gasteiger partial charge in [0.15, 0.2) is 0 Å². The summed E-state index contributed by atoms with van der Waals surface area (Å²) in [6.45, 7) is 4.35. The number of likely N-dealkylation sites (tertiary alicyclic amines) is 1. The van der Waals surface area contributed by atoms with E-state index in [4.69, 9.17) is 11.3 Å². The van der Waals surface area contributed by atoms with Crippen molar-refractivity contribution in [3.63, 3.8) is 0 Å². The maximum Gasteiger partial charge on any atom is 0.255 e. The zero-order valence-electron chi connectivity index (χ0n) is 20.9. The molecule has 2 aromatic carbocycles. The van der Waals surface area contributed by atoms with Crippen LogP contribution in [0.2, 0.25) is 0 Å². The number of hydrazone groups is 1. The first-order valence-corrected chi connectivity index (χ1v) is 12.3. The van der Waals surface area contributed by atoms with Gasteiger partial charge in [-0.2, -0.15) is 5.10 Å². The lowest BCUT2D eigenvalue weighted by Gasteiger charge is -2.35. The van der Waals surface area contributed by atoms with Crippen molar-refractivity contribution in [2.75, 3.05) is 6.54 Å². The molecule has 2 aliphatic heterocycles. The Morgan fingerprint density at radius 2 is 1.92 bits per heavy atom. The Bertz CT molecular complexity index is 1230. The minimum atomic E-state index is -0.836. The van der Waals surface area contributed by atoms with Crippen LogP contribution in [0, 0.1) is 11.3 Å². The quantitative estimate of drug-likeness (QED) is 0.242. The third-order valence-electron chi connectivity index (χ3n) is 6.87. The first-order chi connectivity index (χ1) is 17.7. The number of benzene rings is 2. The second-order valence-electron chi connectivity index (χ2n) is 9.78. The number of aliphatic hydroxyl groups is 1. The van der Waals surface area contributed by atoms with E-state index in [1.165, 1.54) is 11.1 Å².